The van der Waals surface area contributed by atoms with E-state index in [0.29, 0.717) is 0 Å². The third-order valence-corrected chi connectivity index (χ3v) is 18.3. The predicted molar refractivity (Wildman–Crippen MR) is 217 cm³/mol. The van der Waals surface area contributed by atoms with Gasteiger partial charge in [0.15, 0.2) is 0 Å². The van der Waals surface area contributed by atoms with Crippen LogP contribution in [0.15, 0.2) is 12.1 Å². The second-order valence-electron chi connectivity index (χ2n) is 13.7. The van der Waals surface area contributed by atoms with Crippen molar-refractivity contribution in [2.75, 3.05) is 0 Å². The second-order valence-corrected chi connectivity index (χ2v) is 22.9. The Bertz CT molecular complexity index is 642. The summed E-state index contributed by atoms with van der Waals surface area (Å²) in [5, 5.41) is 11.6. The first-order chi connectivity index (χ1) is 22.8. The van der Waals surface area contributed by atoms with Crippen LogP contribution in [0.5, 0.6) is 0 Å². The molecule has 0 heterocycles. The van der Waals surface area contributed by atoms with Crippen molar-refractivity contribution in [1.29, 1.82) is 0 Å². The molecule has 0 radical (unpaired) electrons. The van der Waals surface area contributed by atoms with E-state index >= 15 is 0 Å². The molecule has 0 unspecified atom stereocenters. The van der Waals surface area contributed by atoms with Crippen molar-refractivity contribution in [3.05, 3.63) is 34.4 Å². The summed E-state index contributed by atoms with van der Waals surface area (Å²) in [5.41, 5.74) is 7.20. The average molecular weight is 899 g/mol. The molecular formula is C42H78Se4. The zero-order valence-corrected chi connectivity index (χ0v) is 38.3. The summed E-state index contributed by atoms with van der Waals surface area (Å²) >= 11 is 3.15. The molecule has 0 N–H and O–H groups in total. The van der Waals surface area contributed by atoms with Gasteiger partial charge < -0.3 is 0 Å². The number of unbranched alkanes of at least 4 members (excludes halogenated alkanes) is 20. The van der Waals surface area contributed by atoms with E-state index in [1.165, 1.54) is 197 Å². The standard InChI is InChI=1S/C42H78Se4/c1-5-9-13-17-21-25-29-43-35-39-33-41(37-45-31-27-23-19-15-11-7-3)42(38-46-32-28-24-20-16-12-8-4)34-40(39)36-44-30-26-22-18-14-10-6-2/h33-34H,5-32,35-38H2,1-4H3. The van der Waals surface area contributed by atoms with Crippen molar-refractivity contribution < 1.29 is 0 Å². The van der Waals surface area contributed by atoms with Crippen LogP contribution >= 0.6 is 0 Å². The zero-order chi connectivity index (χ0) is 33.2. The fourth-order valence-corrected chi connectivity index (χ4v) is 14.7. The van der Waals surface area contributed by atoms with Gasteiger partial charge in [0.05, 0.1) is 0 Å². The summed E-state index contributed by atoms with van der Waals surface area (Å²) in [6, 6.07) is 5.61. The maximum absolute atomic E-state index is 2.80. The van der Waals surface area contributed by atoms with Gasteiger partial charge >= 0.3 is 319 Å². The number of hydrogen-bond donors (Lipinski definition) is 0. The SMILES string of the molecule is CCCCCCCC[Se]Cc1cc(C[Se]CCCCCCCC)c(C[Se]CCCCCCCC)cc1C[Se]CCCCCCCC. The number of benzene rings is 1. The molecule has 0 bridgehead atoms. The molecule has 0 spiro atoms. The van der Waals surface area contributed by atoms with Crippen molar-refractivity contribution in [3.63, 3.8) is 0 Å². The molecule has 0 aliphatic rings. The van der Waals surface area contributed by atoms with Crippen LogP contribution in [0.25, 0.3) is 0 Å². The molecule has 0 saturated heterocycles. The Morgan fingerprint density at radius 2 is 0.478 bits per heavy atom. The molecule has 4 heteroatoms. The Morgan fingerprint density at radius 3 is 0.696 bits per heavy atom. The van der Waals surface area contributed by atoms with Crippen molar-refractivity contribution in [3.8, 4) is 0 Å². The summed E-state index contributed by atoms with van der Waals surface area (Å²) in [6.45, 7) is 9.34. The van der Waals surface area contributed by atoms with Crippen molar-refractivity contribution >= 4 is 59.8 Å². The normalized spacial score (nSPS) is 11.6. The van der Waals surface area contributed by atoms with Crippen LogP contribution < -0.4 is 0 Å². The van der Waals surface area contributed by atoms with Crippen LogP contribution in [-0.4, -0.2) is 59.8 Å². The first kappa shape index (κ1) is 45.3. The average Bonchev–Trinajstić information content (AvgIpc) is 3.07. The van der Waals surface area contributed by atoms with Crippen molar-refractivity contribution in [2.24, 2.45) is 0 Å². The zero-order valence-electron chi connectivity index (χ0n) is 31.4. The molecule has 1 aromatic carbocycles. The van der Waals surface area contributed by atoms with Gasteiger partial charge in [-0.3, -0.25) is 0 Å². The minimum atomic E-state index is 0.788. The van der Waals surface area contributed by atoms with Crippen LogP contribution in [0.4, 0.5) is 0 Å². The summed E-state index contributed by atoms with van der Waals surface area (Å²) in [7, 11) is 0. The van der Waals surface area contributed by atoms with E-state index in [2.05, 4.69) is 39.8 Å². The molecular weight excluding hydrogens is 820 g/mol. The van der Waals surface area contributed by atoms with Crippen LogP contribution in [0.2, 0.25) is 21.3 Å². The van der Waals surface area contributed by atoms with E-state index in [4.69, 9.17) is 0 Å². The van der Waals surface area contributed by atoms with Gasteiger partial charge in [0, 0.05) is 0 Å². The second kappa shape index (κ2) is 36.1. The van der Waals surface area contributed by atoms with E-state index in [1.807, 2.05) is 0 Å². The maximum atomic E-state index is 2.80. The van der Waals surface area contributed by atoms with Crippen molar-refractivity contribution in [2.45, 2.75) is 224 Å². The third kappa shape index (κ3) is 27.1. The molecule has 270 valence electrons. The Kier molecular flexibility index (Phi) is 35.6. The molecule has 0 aliphatic heterocycles. The summed E-state index contributed by atoms with van der Waals surface area (Å²) in [5.74, 6) is 0. The summed E-state index contributed by atoms with van der Waals surface area (Å²) in [4.78, 5) is 0. The van der Waals surface area contributed by atoms with Gasteiger partial charge in [-0.05, 0) is 0 Å². The van der Waals surface area contributed by atoms with Gasteiger partial charge in [-0.2, -0.15) is 0 Å². The molecule has 0 fully saturated rings. The molecule has 0 saturated carbocycles. The van der Waals surface area contributed by atoms with Crippen LogP contribution in [0, 0.1) is 0 Å². The third-order valence-electron chi connectivity index (χ3n) is 9.12. The molecule has 0 aliphatic carbocycles. The Balaban J connectivity index is 2.82. The van der Waals surface area contributed by atoms with E-state index in [-0.39, 0.29) is 0 Å². The van der Waals surface area contributed by atoms with Gasteiger partial charge in [-0.1, -0.05) is 0 Å². The molecule has 46 heavy (non-hydrogen) atoms. The van der Waals surface area contributed by atoms with Gasteiger partial charge in [0.25, 0.3) is 0 Å². The number of hydrogen-bond acceptors (Lipinski definition) is 0. The molecule has 0 amide bonds. The van der Waals surface area contributed by atoms with Gasteiger partial charge in [0.2, 0.25) is 0 Å². The van der Waals surface area contributed by atoms with E-state index in [1.54, 1.807) is 22.3 Å². The molecule has 0 nitrogen and oxygen atoms in total. The number of rotatable bonds is 36. The minimum absolute atomic E-state index is 0.788. The van der Waals surface area contributed by atoms with Crippen molar-refractivity contribution in [1.82, 2.24) is 0 Å². The van der Waals surface area contributed by atoms with Gasteiger partial charge in [0.1, 0.15) is 0 Å². The van der Waals surface area contributed by atoms with E-state index in [0.717, 1.165) is 59.8 Å². The Labute approximate surface area is 316 Å². The summed E-state index contributed by atoms with van der Waals surface area (Å²) < 4.78 is 0. The van der Waals surface area contributed by atoms with E-state index < -0.39 is 0 Å². The van der Waals surface area contributed by atoms with Crippen LogP contribution in [0.3, 0.4) is 0 Å². The first-order valence-corrected chi connectivity index (χ1v) is 29.9. The molecule has 0 aromatic heterocycles. The van der Waals surface area contributed by atoms with Gasteiger partial charge in [-0.25, -0.2) is 0 Å². The molecule has 0 atom stereocenters. The Morgan fingerprint density at radius 1 is 0.283 bits per heavy atom. The Hall–Kier alpha value is 1.30. The fourth-order valence-electron chi connectivity index (χ4n) is 6.00. The van der Waals surface area contributed by atoms with Crippen LogP contribution in [0.1, 0.15) is 204 Å². The monoisotopic (exact) mass is 902 g/mol. The fraction of sp³-hybridized carbons (Fsp3) is 0.857. The molecule has 1 rings (SSSR count). The van der Waals surface area contributed by atoms with Gasteiger partial charge in [-0.15, -0.1) is 0 Å². The quantitative estimate of drug-likeness (QED) is 0.0465. The van der Waals surface area contributed by atoms with Crippen LogP contribution in [-0.2, 0) is 21.3 Å². The first-order valence-electron chi connectivity index (χ1n) is 20.2. The van der Waals surface area contributed by atoms with E-state index in [9.17, 15) is 0 Å². The molecule has 1 aromatic rings. The predicted octanol–water partition coefficient (Wildman–Crippen LogP) is 13.6. The summed E-state index contributed by atoms with van der Waals surface area (Å²) in [6.07, 6.45) is 34.7. The topological polar surface area (TPSA) is 0 Å².